The first-order valence-corrected chi connectivity index (χ1v) is 13.2. The predicted molar refractivity (Wildman–Crippen MR) is 142 cm³/mol. The molecule has 2 aromatic rings. The molecule has 1 aromatic heterocycles. The Morgan fingerprint density at radius 3 is 2.46 bits per heavy atom. The third-order valence-corrected chi connectivity index (χ3v) is 7.52. The number of carbonyl (C=O) groups excluding carboxylic acids is 2. The maximum absolute atomic E-state index is 13.6. The quantitative estimate of drug-likeness (QED) is 0.552. The summed E-state index contributed by atoms with van der Waals surface area (Å²) in [7, 11) is 1.76. The van der Waals surface area contributed by atoms with Crippen LogP contribution in [0.5, 0.6) is 0 Å². The van der Waals surface area contributed by atoms with E-state index in [1.54, 1.807) is 24.2 Å². The van der Waals surface area contributed by atoms with Crippen molar-refractivity contribution in [2.75, 3.05) is 44.7 Å². The SMILES string of the molecule is CC(C)COC(=O)N(C)[C@@H]1CN(C(=O)C2CCN(c3ccc(C#N)cn3)CC2)C[C@H]1c1ccc(Cl)cc1. The molecule has 37 heavy (non-hydrogen) atoms. The summed E-state index contributed by atoms with van der Waals surface area (Å²) in [6.07, 6.45) is 2.69. The van der Waals surface area contributed by atoms with Gasteiger partial charge in [0, 0.05) is 56.3 Å². The Hall–Kier alpha value is -3.31. The Kier molecular flexibility index (Phi) is 8.55. The van der Waals surface area contributed by atoms with Crippen LogP contribution in [-0.2, 0) is 9.53 Å². The molecule has 0 spiro atoms. The molecule has 2 fully saturated rings. The van der Waals surface area contributed by atoms with Crippen LogP contribution in [0.25, 0.3) is 0 Å². The average Bonchev–Trinajstić information content (AvgIpc) is 3.37. The van der Waals surface area contributed by atoms with E-state index in [4.69, 9.17) is 21.6 Å². The minimum Gasteiger partial charge on any atom is -0.449 e. The van der Waals surface area contributed by atoms with Gasteiger partial charge in [-0.25, -0.2) is 9.78 Å². The fraction of sp³-hybridized carbons (Fsp3) is 0.500. The molecule has 4 rings (SSSR count). The van der Waals surface area contributed by atoms with Crippen LogP contribution >= 0.6 is 11.6 Å². The number of carbonyl (C=O) groups is 2. The molecule has 196 valence electrons. The second-order valence-corrected chi connectivity index (χ2v) is 10.8. The van der Waals surface area contributed by atoms with E-state index in [2.05, 4.69) is 16.0 Å². The number of amides is 2. The van der Waals surface area contributed by atoms with Gasteiger partial charge < -0.3 is 19.4 Å². The third kappa shape index (κ3) is 6.34. The summed E-state index contributed by atoms with van der Waals surface area (Å²) in [5, 5.41) is 9.65. The van der Waals surface area contributed by atoms with Gasteiger partial charge in [0.1, 0.15) is 11.9 Å². The van der Waals surface area contributed by atoms with Crippen molar-refractivity contribution in [2.24, 2.45) is 11.8 Å². The molecular formula is C28H34ClN5O3. The fourth-order valence-corrected chi connectivity index (χ4v) is 5.25. The van der Waals surface area contributed by atoms with Gasteiger partial charge in [-0.05, 0) is 48.6 Å². The molecular weight excluding hydrogens is 490 g/mol. The number of halogens is 1. The van der Waals surface area contributed by atoms with Gasteiger partial charge in [0.25, 0.3) is 0 Å². The van der Waals surface area contributed by atoms with Crippen LogP contribution < -0.4 is 4.90 Å². The number of hydrogen-bond donors (Lipinski definition) is 0. The van der Waals surface area contributed by atoms with Gasteiger partial charge in [0.15, 0.2) is 0 Å². The molecule has 0 radical (unpaired) electrons. The number of nitriles is 1. The predicted octanol–water partition coefficient (Wildman–Crippen LogP) is 4.54. The monoisotopic (exact) mass is 523 g/mol. The summed E-state index contributed by atoms with van der Waals surface area (Å²) >= 11 is 6.12. The van der Waals surface area contributed by atoms with E-state index in [1.807, 2.05) is 49.1 Å². The van der Waals surface area contributed by atoms with Crippen molar-refractivity contribution in [1.82, 2.24) is 14.8 Å². The summed E-state index contributed by atoms with van der Waals surface area (Å²) in [6, 6.07) is 13.2. The second kappa shape index (κ2) is 11.8. The van der Waals surface area contributed by atoms with E-state index >= 15 is 0 Å². The molecule has 2 atom stereocenters. The van der Waals surface area contributed by atoms with Crippen molar-refractivity contribution in [3.05, 3.63) is 58.7 Å². The molecule has 0 N–H and O–H groups in total. The molecule has 3 heterocycles. The minimum atomic E-state index is -0.366. The van der Waals surface area contributed by atoms with Crippen LogP contribution in [-0.4, -0.2) is 72.7 Å². The molecule has 2 amide bonds. The zero-order chi connectivity index (χ0) is 26.5. The molecule has 0 bridgehead atoms. The number of pyridine rings is 1. The first-order chi connectivity index (χ1) is 17.8. The highest BCUT2D eigenvalue weighted by Crippen LogP contribution is 2.34. The summed E-state index contributed by atoms with van der Waals surface area (Å²) in [5.41, 5.74) is 1.58. The molecule has 0 unspecified atom stereocenters. The normalized spacial score (nSPS) is 20.1. The van der Waals surface area contributed by atoms with E-state index < -0.39 is 0 Å². The lowest BCUT2D eigenvalue weighted by atomic mass is 9.93. The molecule has 2 aliphatic rings. The first kappa shape index (κ1) is 26.7. The van der Waals surface area contributed by atoms with E-state index in [1.165, 1.54) is 0 Å². The standard InChI is InChI=1S/C28H34ClN5O3/c1-19(2)18-37-28(36)32(3)25-17-34(16-24(25)21-5-7-23(29)8-6-21)27(35)22-10-12-33(13-11-22)26-9-4-20(14-30)15-31-26/h4-9,15,19,22,24-25H,10-13,16-18H2,1-3H3/t24-,25+/m0/s1. The number of ether oxygens (including phenoxy) is 1. The highest BCUT2D eigenvalue weighted by Gasteiger charge is 2.42. The van der Waals surface area contributed by atoms with Crippen molar-refractivity contribution in [2.45, 2.75) is 38.6 Å². The minimum absolute atomic E-state index is 0.0271. The topological polar surface area (TPSA) is 89.8 Å². The molecule has 9 heteroatoms. The number of likely N-dealkylation sites (tertiary alicyclic amines) is 1. The average molecular weight is 524 g/mol. The van der Waals surface area contributed by atoms with Gasteiger partial charge >= 0.3 is 6.09 Å². The number of hydrogen-bond acceptors (Lipinski definition) is 6. The number of rotatable bonds is 6. The molecule has 0 saturated carbocycles. The molecule has 1 aromatic carbocycles. The Morgan fingerprint density at radius 1 is 1.16 bits per heavy atom. The molecule has 2 aliphatic heterocycles. The maximum atomic E-state index is 13.6. The van der Waals surface area contributed by atoms with Crippen molar-refractivity contribution in [1.29, 1.82) is 5.26 Å². The summed E-state index contributed by atoms with van der Waals surface area (Å²) in [5.74, 6) is 1.11. The van der Waals surface area contributed by atoms with Crippen LogP contribution in [0.4, 0.5) is 10.6 Å². The zero-order valence-electron chi connectivity index (χ0n) is 21.6. The lowest BCUT2D eigenvalue weighted by Crippen LogP contribution is -2.44. The van der Waals surface area contributed by atoms with Gasteiger partial charge in [0.05, 0.1) is 18.2 Å². The number of aromatic nitrogens is 1. The number of nitrogens with zero attached hydrogens (tertiary/aromatic N) is 5. The molecule has 0 aliphatic carbocycles. The fourth-order valence-electron chi connectivity index (χ4n) is 5.12. The van der Waals surface area contributed by atoms with E-state index in [0.717, 1.165) is 37.3 Å². The first-order valence-electron chi connectivity index (χ1n) is 12.8. The van der Waals surface area contributed by atoms with Gasteiger partial charge in [0.2, 0.25) is 5.91 Å². The van der Waals surface area contributed by atoms with Crippen LogP contribution in [0.15, 0.2) is 42.6 Å². The van der Waals surface area contributed by atoms with Crippen LogP contribution in [0, 0.1) is 23.2 Å². The van der Waals surface area contributed by atoms with Gasteiger partial charge in [-0.15, -0.1) is 0 Å². The van der Waals surface area contributed by atoms with Gasteiger partial charge in [-0.2, -0.15) is 5.26 Å². The summed E-state index contributed by atoms with van der Waals surface area (Å²) in [4.78, 5) is 36.5. The van der Waals surface area contributed by atoms with Gasteiger partial charge in [-0.1, -0.05) is 37.6 Å². The van der Waals surface area contributed by atoms with Crippen molar-refractivity contribution >= 4 is 29.4 Å². The largest absolute Gasteiger partial charge is 0.449 e. The van der Waals surface area contributed by atoms with Crippen molar-refractivity contribution < 1.29 is 14.3 Å². The van der Waals surface area contributed by atoms with Crippen LogP contribution in [0.2, 0.25) is 5.02 Å². The van der Waals surface area contributed by atoms with Crippen molar-refractivity contribution in [3.8, 4) is 6.07 Å². The molecule has 2 saturated heterocycles. The van der Waals surface area contributed by atoms with E-state index in [-0.39, 0.29) is 35.8 Å². The van der Waals surface area contributed by atoms with Gasteiger partial charge in [-0.3, -0.25) is 4.79 Å². The number of likely N-dealkylation sites (N-methyl/N-ethyl adjacent to an activating group) is 1. The summed E-state index contributed by atoms with van der Waals surface area (Å²) < 4.78 is 5.49. The Morgan fingerprint density at radius 2 is 1.86 bits per heavy atom. The smallest absolute Gasteiger partial charge is 0.409 e. The lowest BCUT2D eigenvalue weighted by Gasteiger charge is -2.34. The maximum Gasteiger partial charge on any atom is 0.409 e. The van der Waals surface area contributed by atoms with Crippen LogP contribution in [0.3, 0.4) is 0 Å². The van der Waals surface area contributed by atoms with E-state index in [0.29, 0.717) is 30.3 Å². The molecule has 8 nitrogen and oxygen atoms in total. The lowest BCUT2D eigenvalue weighted by molar-refractivity contribution is -0.135. The Balaban J connectivity index is 1.43. The van der Waals surface area contributed by atoms with Crippen LogP contribution in [0.1, 0.15) is 43.7 Å². The highest BCUT2D eigenvalue weighted by molar-refractivity contribution is 6.30. The number of benzene rings is 1. The number of anilines is 1. The van der Waals surface area contributed by atoms with E-state index in [9.17, 15) is 9.59 Å². The summed E-state index contributed by atoms with van der Waals surface area (Å²) in [6.45, 7) is 6.84. The highest BCUT2D eigenvalue weighted by atomic mass is 35.5. The Bertz CT molecular complexity index is 1120. The van der Waals surface area contributed by atoms with Crippen molar-refractivity contribution in [3.63, 3.8) is 0 Å². The third-order valence-electron chi connectivity index (χ3n) is 7.27. The zero-order valence-corrected chi connectivity index (χ0v) is 22.4. The Labute approximate surface area is 223 Å². The number of piperidine rings is 1. The second-order valence-electron chi connectivity index (χ2n) is 10.3.